The van der Waals surface area contributed by atoms with Crippen molar-refractivity contribution >= 4 is 10.8 Å². The molecule has 0 spiro atoms. The van der Waals surface area contributed by atoms with Crippen molar-refractivity contribution < 1.29 is 9.32 Å². The minimum absolute atomic E-state index is 0.250. The Hall–Kier alpha value is -0.710. The van der Waals surface area contributed by atoms with Crippen LogP contribution in [0.1, 0.15) is 18.9 Å². The third kappa shape index (κ3) is 5.44. The van der Waals surface area contributed by atoms with Gasteiger partial charge in [-0.05, 0) is 36.6 Å². The maximum absolute atomic E-state index is 11.2. The summed E-state index contributed by atoms with van der Waals surface area (Å²) in [4.78, 5) is 0.863. The fourth-order valence-corrected chi connectivity index (χ4v) is 2.10. The van der Waals surface area contributed by atoms with Gasteiger partial charge in [-0.1, -0.05) is 19.1 Å². The minimum Gasteiger partial charge on any atom is -0.396 e. The molecular weight excluding hydrogens is 234 g/mol. The molecule has 0 bridgehead atoms. The lowest BCUT2D eigenvalue weighted by Crippen LogP contribution is -2.21. The molecule has 2 N–H and O–H groups in total. The second-order valence-electron chi connectivity index (χ2n) is 4.35. The summed E-state index contributed by atoms with van der Waals surface area (Å²) in [6.45, 7) is 4.08. The maximum Gasteiger partial charge on any atom is 0.0498 e. The van der Waals surface area contributed by atoms with Crippen LogP contribution < -0.4 is 5.32 Å². The van der Waals surface area contributed by atoms with E-state index in [2.05, 4.69) is 12.2 Å². The zero-order chi connectivity index (χ0) is 12.7. The van der Waals surface area contributed by atoms with E-state index in [1.165, 1.54) is 5.56 Å². The second-order valence-corrected chi connectivity index (χ2v) is 5.73. The van der Waals surface area contributed by atoms with Crippen molar-refractivity contribution in [1.82, 2.24) is 5.32 Å². The molecule has 3 nitrogen and oxygen atoms in total. The van der Waals surface area contributed by atoms with Gasteiger partial charge in [-0.15, -0.1) is 0 Å². The van der Waals surface area contributed by atoms with Gasteiger partial charge < -0.3 is 10.4 Å². The van der Waals surface area contributed by atoms with E-state index in [1.54, 1.807) is 6.26 Å². The van der Waals surface area contributed by atoms with Crippen molar-refractivity contribution in [1.29, 1.82) is 0 Å². The standard InChI is InChI=1S/C13H21NO2S/c1-11(7-8-15)9-14-10-12-3-5-13(6-4-12)17(2)16/h3-6,11,14-15H,7-10H2,1-2H3. The summed E-state index contributed by atoms with van der Waals surface area (Å²) in [5.41, 5.74) is 1.19. The summed E-state index contributed by atoms with van der Waals surface area (Å²) in [7, 11) is -0.901. The van der Waals surface area contributed by atoms with Crippen LogP contribution in [0, 0.1) is 5.92 Å². The predicted octanol–water partition coefficient (Wildman–Crippen LogP) is 1.53. The summed E-state index contributed by atoms with van der Waals surface area (Å²) < 4.78 is 11.2. The van der Waals surface area contributed by atoms with Gasteiger partial charge in [0, 0.05) is 35.1 Å². The van der Waals surface area contributed by atoms with Gasteiger partial charge in [-0.25, -0.2) is 0 Å². The van der Waals surface area contributed by atoms with Gasteiger partial charge in [-0.3, -0.25) is 4.21 Å². The van der Waals surface area contributed by atoms with Crippen molar-refractivity contribution in [2.45, 2.75) is 24.8 Å². The van der Waals surface area contributed by atoms with Crippen LogP contribution >= 0.6 is 0 Å². The molecule has 0 aliphatic rings. The molecule has 96 valence electrons. The van der Waals surface area contributed by atoms with E-state index in [9.17, 15) is 4.21 Å². The van der Waals surface area contributed by atoms with E-state index in [1.807, 2.05) is 24.3 Å². The Morgan fingerprint density at radius 2 is 2.00 bits per heavy atom. The van der Waals surface area contributed by atoms with E-state index in [0.717, 1.165) is 24.4 Å². The number of rotatable bonds is 7. The average molecular weight is 255 g/mol. The van der Waals surface area contributed by atoms with Crippen LogP contribution in [0.15, 0.2) is 29.2 Å². The number of benzene rings is 1. The number of aliphatic hydroxyl groups excluding tert-OH is 1. The molecular formula is C13H21NO2S. The number of nitrogens with one attached hydrogen (secondary N) is 1. The first-order chi connectivity index (χ1) is 8.13. The third-order valence-electron chi connectivity index (χ3n) is 2.70. The molecule has 1 aromatic carbocycles. The smallest absolute Gasteiger partial charge is 0.0498 e. The zero-order valence-corrected chi connectivity index (χ0v) is 11.3. The maximum atomic E-state index is 11.2. The normalized spacial score (nSPS) is 14.5. The van der Waals surface area contributed by atoms with Crippen molar-refractivity contribution in [3.8, 4) is 0 Å². The fourth-order valence-electron chi connectivity index (χ4n) is 1.58. The van der Waals surface area contributed by atoms with E-state index < -0.39 is 10.8 Å². The topological polar surface area (TPSA) is 49.3 Å². The average Bonchev–Trinajstić information content (AvgIpc) is 2.30. The minimum atomic E-state index is -0.901. The Morgan fingerprint density at radius 1 is 1.35 bits per heavy atom. The highest BCUT2D eigenvalue weighted by atomic mass is 32.2. The number of aliphatic hydroxyl groups is 1. The van der Waals surface area contributed by atoms with E-state index in [4.69, 9.17) is 5.11 Å². The Bertz CT molecular complexity index is 351. The first-order valence-electron chi connectivity index (χ1n) is 5.87. The highest BCUT2D eigenvalue weighted by molar-refractivity contribution is 7.84. The molecule has 0 saturated heterocycles. The van der Waals surface area contributed by atoms with Crippen LogP contribution in [0.4, 0.5) is 0 Å². The van der Waals surface area contributed by atoms with Crippen LogP contribution in [0.25, 0.3) is 0 Å². The van der Waals surface area contributed by atoms with Crippen LogP contribution in [0.5, 0.6) is 0 Å². The predicted molar refractivity (Wildman–Crippen MR) is 71.3 cm³/mol. The van der Waals surface area contributed by atoms with Gasteiger partial charge in [0.05, 0.1) is 0 Å². The van der Waals surface area contributed by atoms with Gasteiger partial charge in [-0.2, -0.15) is 0 Å². The Labute approximate surface area is 106 Å². The van der Waals surface area contributed by atoms with Gasteiger partial charge in [0.1, 0.15) is 0 Å². The third-order valence-corrected chi connectivity index (χ3v) is 3.64. The fraction of sp³-hybridized carbons (Fsp3) is 0.538. The van der Waals surface area contributed by atoms with Gasteiger partial charge >= 0.3 is 0 Å². The molecule has 2 unspecified atom stereocenters. The van der Waals surface area contributed by atoms with Crippen LogP contribution in [0.2, 0.25) is 0 Å². The monoisotopic (exact) mass is 255 g/mol. The molecule has 0 aliphatic heterocycles. The summed E-state index contributed by atoms with van der Waals surface area (Å²) in [6.07, 6.45) is 2.52. The highest BCUT2D eigenvalue weighted by Crippen LogP contribution is 2.07. The SMILES string of the molecule is CC(CCO)CNCc1ccc(S(C)=O)cc1. The Kier molecular flexibility index (Phi) is 6.40. The largest absolute Gasteiger partial charge is 0.396 e. The Balaban J connectivity index is 2.34. The molecule has 17 heavy (non-hydrogen) atoms. The van der Waals surface area contributed by atoms with Crippen molar-refractivity contribution in [3.05, 3.63) is 29.8 Å². The summed E-state index contributed by atoms with van der Waals surface area (Å²) in [5.74, 6) is 0.488. The Morgan fingerprint density at radius 3 is 2.53 bits per heavy atom. The molecule has 2 atom stereocenters. The highest BCUT2D eigenvalue weighted by Gasteiger charge is 2.01. The number of hydrogen-bond donors (Lipinski definition) is 2. The van der Waals surface area contributed by atoms with Crippen molar-refractivity contribution in [2.24, 2.45) is 5.92 Å². The molecule has 4 heteroatoms. The lowest BCUT2D eigenvalue weighted by Gasteiger charge is -2.11. The van der Waals surface area contributed by atoms with Gasteiger partial charge in [0.15, 0.2) is 0 Å². The summed E-state index contributed by atoms with van der Waals surface area (Å²) >= 11 is 0. The first kappa shape index (κ1) is 14.4. The summed E-state index contributed by atoms with van der Waals surface area (Å²) in [5, 5.41) is 12.1. The molecule has 0 fully saturated rings. The molecule has 0 heterocycles. The molecule has 1 rings (SSSR count). The van der Waals surface area contributed by atoms with E-state index >= 15 is 0 Å². The molecule has 0 aliphatic carbocycles. The second kappa shape index (κ2) is 7.58. The lowest BCUT2D eigenvalue weighted by molar-refractivity contribution is 0.260. The first-order valence-corrected chi connectivity index (χ1v) is 7.43. The quantitative estimate of drug-likeness (QED) is 0.777. The van der Waals surface area contributed by atoms with Crippen molar-refractivity contribution in [3.63, 3.8) is 0 Å². The number of hydrogen-bond acceptors (Lipinski definition) is 3. The molecule has 0 saturated carbocycles. The zero-order valence-electron chi connectivity index (χ0n) is 10.5. The molecule has 0 aromatic heterocycles. The summed E-state index contributed by atoms with van der Waals surface area (Å²) in [6, 6.07) is 7.81. The molecule has 0 amide bonds. The van der Waals surface area contributed by atoms with Crippen LogP contribution in [-0.4, -0.2) is 28.7 Å². The van der Waals surface area contributed by atoms with Gasteiger partial charge in [0.25, 0.3) is 0 Å². The van der Waals surface area contributed by atoms with Crippen LogP contribution in [0.3, 0.4) is 0 Å². The lowest BCUT2D eigenvalue weighted by atomic mass is 10.1. The molecule has 1 aromatic rings. The molecule has 0 radical (unpaired) electrons. The van der Waals surface area contributed by atoms with E-state index in [0.29, 0.717) is 5.92 Å². The van der Waals surface area contributed by atoms with E-state index in [-0.39, 0.29) is 6.61 Å². The van der Waals surface area contributed by atoms with Crippen LogP contribution in [-0.2, 0) is 17.3 Å². The van der Waals surface area contributed by atoms with Gasteiger partial charge in [0.2, 0.25) is 0 Å². The van der Waals surface area contributed by atoms with Crippen molar-refractivity contribution in [2.75, 3.05) is 19.4 Å².